The first-order valence-corrected chi connectivity index (χ1v) is 5.75. The summed E-state index contributed by atoms with van der Waals surface area (Å²) in [5.41, 5.74) is 2.31. The third-order valence-electron chi connectivity index (χ3n) is 2.67. The fraction of sp³-hybridized carbons (Fsp3) is 0.333. The Morgan fingerprint density at radius 1 is 1.41 bits per heavy atom. The van der Waals surface area contributed by atoms with Gasteiger partial charge in [0.2, 0.25) is 0 Å². The van der Waals surface area contributed by atoms with Crippen molar-refractivity contribution >= 4 is 11.6 Å². The van der Waals surface area contributed by atoms with E-state index in [1.54, 1.807) is 23.9 Å². The van der Waals surface area contributed by atoms with E-state index in [0.29, 0.717) is 10.8 Å². The monoisotopic (exact) mass is 251 g/mol. The Hall–Kier alpha value is -1.39. The Kier molecular flexibility index (Phi) is 3.17. The number of nitrogens with zero attached hydrogens (tertiary/aromatic N) is 3. The summed E-state index contributed by atoms with van der Waals surface area (Å²) in [5.74, 6) is 0.620. The quantitative estimate of drug-likeness (QED) is 0.893. The molecule has 0 radical (unpaired) electrons. The van der Waals surface area contributed by atoms with Crippen LogP contribution in [0.15, 0.2) is 18.3 Å². The summed E-state index contributed by atoms with van der Waals surface area (Å²) in [6.45, 7) is 5.42. The molecule has 0 amide bonds. The van der Waals surface area contributed by atoms with Crippen LogP contribution >= 0.6 is 11.6 Å². The summed E-state index contributed by atoms with van der Waals surface area (Å²) in [6, 6.07) is 3.62. The normalized spacial score (nSPS) is 12.8. The molecule has 5 heteroatoms. The van der Waals surface area contributed by atoms with Gasteiger partial charge < -0.3 is 5.11 Å². The predicted molar refractivity (Wildman–Crippen MR) is 66.5 cm³/mol. The molecule has 90 valence electrons. The van der Waals surface area contributed by atoms with Gasteiger partial charge in [0.15, 0.2) is 5.82 Å². The first-order valence-electron chi connectivity index (χ1n) is 5.37. The molecule has 0 saturated heterocycles. The molecule has 4 nitrogen and oxygen atoms in total. The Labute approximate surface area is 105 Å². The van der Waals surface area contributed by atoms with Crippen LogP contribution in [0.5, 0.6) is 0 Å². The van der Waals surface area contributed by atoms with Gasteiger partial charge in [-0.3, -0.25) is 0 Å². The molecule has 0 spiro atoms. The molecular weight excluding hydrogens is 238 g/mol. The Morgan fingerprint density at radius 2 is 2.12 bits per heavy atom. The second-order valence-electron chi connectivity index (χ2n) is 3.99. The molecule has 0 saturated carbocycles. The topological polar surface area (TPSA) is 50.9 Å². The van der Waals surface area contributed by atoms with Crippen molar-refractivity contribution in [2.45, 2.75) is 26.9 Å². The number of aryl methyl sites for hydroxylation is 1. The van der Waals surface area contributed by atoms with Gasteiger partial charge in [0.25, 0.3) is 0 Å². The fourth-order valence-electron chi connectivity index (χ4n) is 1.74. The summed E-state index contributed by atoms with van der Waals surface area (Å²) in [4.78, 5) is 4.27. The van der Waals surface area contributed by atoms with Crippen LogP contribution < -0.4 is 0 Å². The molecule has 2 heterocycles. The van der Waals surface area contributed by atoms with Gasteiger partial charge in [-0.05, 0) is 26.8 Å². The third-order valence-corrected chi connectivity index (χ3v) is 3.22. The highest BCUT2D eigenvalue weighted by Gasteiger charge is 2.16. The fourth-order valence-corrected chi connectivity index (χ4v) is 1.86. The second-order valence-corrected chi connectivity index (χ2v) is 4.37. The highest BCUT2D eigenvalue weighted by atomic mass is 35.5. The maximum absolute atomic E-state index is 9.72. The first-order chi connectivity index (χ1) is 8.02. The molecule has 2 rings (SSSR count). The zero-order valence-electron chi connectivity index (χ0n) is 9.98. The summed E-state index contributed by atoms with van der Waals surface area (Å²) < 4.78 is 1.67. The van der Waals surface area contributed by atoms with Crippen LogP contribution in [0.25, 0.3) is 5.82 Å². The molecule has 0 aliphatic carbocycles. The van der Waals surface area contributed by atoms with Crippen LogP contribution in [0.1, 0.15) is 30.0 Å². The van der Waals surface area contributed by atoms with Crippen LogP contribution in [0.3, 0.4) is 0 Å². The standard InChI is InChI=1S/C12H14ClN3O/c1-7-11(13)8(2)16(15-7)12-10(9(3)17)5-4-6-14-12/h4-6,9,17H,1-3H3/t9-/m0/s1. The van der Waals surface area contributed by atoms with E-state index in [1.165, 1.54) is 0 Å². The Morgan fingerprint density at radius 3 is 2.65 bits per heavy atom. The summed E-state index contributed by atoms with van der Waals surface area (Å²) in [5, 5.41) is 14.7. The van der Waals surface area contributed by atoms with Gasteiger partial charge in [0, 0.05) is 11.8 Å². The number of rotatable bonds is 2. The maximum Gasteiger partial charge on any atom is 0.159 e. The molecule has 0 unspecified atom stereocenters. The van der Waals surface area contributed by atoms with Crippen molar-refractivity contribution in [1.29, 1.82) is 0 Å². The molecule has 2 aromatic heterocycles. The van der Waals surface area contributed by atoms with Crippen molar-refractivity contribution in [3.05, 3.63) is 40.3 Å². The smallest absolute Gasteiger partial charge is 0.159 e. The van der Waals surface area contributed by atoms with Crippen molar-refractivity contribution in [2.75, 3.05) is 0 Å². The molecule has 1 atom stereocenters. The number of halogens is 1. The number of hydrogen-bond acceptors (Lipinski definition) is 3. The van der Waals surface area contributed by atoms with Gasteiger partial charge in [-0.1, -0.05) is 17.7 Å². The first kappa shape index (κ1) is 12.1. The number of aliphatic hydroxyl groups excluding tert-OH is 1. The van der Waals surface area contributed by atoms with Crippen LogP contribution in [-0.4, -0.2) is 19.9 Å². The van der Waals surface area contributed by atoms with E-state index >= 15 is 0 Å². The average molecular weight is 252 g/mol. The molecule has 17 heavy (non-hydrogen) atoms. The van der Waals surface area contributed by atoms with Gasteiger partial charge in [0.1, 0.15) is 0 Å². The molecule has 1 N–H and O–H groups in total. The summed E-state index contributed by atoms with van der Waals surface area (Å²) in [6.07, 6.45) is 1.08. The van der Waals surface area contributed by atoms with Crippen molar-refractivity contribution < 1.29 is 5.11 Å². The largest absolute Gasteiger partial charge is 0.389 e. The molecule has 0 bridgehead atoms. The molecule has 0 fully saturated rings. The van der Waals surface area contributed by atoms with E-state index in [-0.39, 0.29) is 0 Å². The molecule has 0 aliphatic rings. The van der Waals surface area contributed by atoms with Crippen molar-refractivity contribution in [3.63, 3.8) is 0 Å². The SMILES string of the molecule is Cc1nn(-c2ncccc2[C@H](C)O)c(C)c1Cl. The van der Waals surface area contributed by atoms with Gasteiger partial charge in [-0.15, -0.1) is 0 Å². The second kappa shape index (κ2) is 4.47. The van der Waals surface area contributed by atoms with Gasteiger partial charge >= 0.3 is 0 Å². The lowest BCUT2D eigenvalue weighted by atomic mass is 10.1. The van der Waals surface area contributed by atoms with E-state index in [0.717, 1.165) is 17.0 Å². The summed E-state index contributed by atoms with van der Waals surface area (Å²) in [7, 11) is 0. The van der Waals surface area contributed by atoms with Gasteiger partial charge in [-0.2, -0.15) is 5.10 Å². The highest BCUT2D eigenvalue weighted by Crippen LogP contribution is 2.25. The Balaban J connectivity index is 2.64. The molecule has 0 aromatic carbocycles. The minimum Gasteiger partial charge on any atom is -0.389 e. The van der Waals surface area contributed by atoms with Crippen LogP contribution in [-0.2, 0) is 0 Å². The van der Waals surface area contributed by atoms with Crippen molar-refractivity contribution in [3.8, 4) is 5.82 Å². The molecule has 0 aliphatic heterocycles. The van der Waals surface area contributed by atoms with Crippen molar-refractivity contribution in [1.82, 2.24) is 14.8 Å². The minimum absolute atomic E-state index is 0.596. The predicted octanol–water partition coefficient (Wildman–Crippen LogP) is 2.59. The lowest BCUT2D eigenvalue weighted by molar-refractivity contribution is 0.198. The van der Waals surface area contributed by atoms with E-state index < -0.39 is 6.10 Å². The van der Waals surface area contributed by atoms with Gasteiger partial charge in [0.05, 0.1) is 22.5 Å². The summed E-state index contributed by atoms with van der Waals surface area (Å²) >= 11 is 6.11. The van der Waals surface area contributed by atoms with Crippen LogP contribution in [0, 0.1) is 13.8 Å². The average Bonchev–Trinajstić information content (AvgIpc) is 2.57. The van der Waals surface area contributed by atoms with Gasteiger partial charge in [-0.25, -0.2) is 9.67 Å². The van der Waals surface area contributed by atoms with E-state index in [1.807, 2.05) is 19.9 Å². The van der Waals surface area contributed by atoms with Crippen LogP contribution in [0.4, 0.5) is 0 Å². The minimum atomic E-state index is -0.596. The lowest BCUT2D eigenvalue weighted by Crippen LogP contribution is -2.07. The van der Waals surface area contributed by atoms with E-state index in [2.05, 4.69) is 10.1 Å². The van der Waals surface area contributed by atoms with Crippen LogP contribution in [0.2, 0.25) is 5.02 Å². The molecule has 2 aromatic rings. The number of hydrogen-bond donors (Lipinski definition) is 1. The zero-order valence-corrected chi connectivity index (χ0v) is 10.7. The van der Waals surface area contributed by atoms with Crippen molar-refractivity contribution in [2.24, 2.45) is 0 Å². The lowest BCUT2D eigenvalue weighted by Gasteiger charge is -2.11. The maximum atomic E-state index is 9.72. The highest BCUT2D eigenvalue weighted by molar-refractivity contribution is 6.31. The Bertz CT molecular complexity index is 549. The van der Waals surface area contributed by atoms with E-state index in [9.17, 15) is 5.11 Å². The third kappa shape index (κ3) is 2.06. The number of aromatic nitrogens is 3. The van der Waals surface area contributed by atoms with E-state index in [4.69, 9.17) is 11.6 Å². The number of pyridine rings is 1. The number of aliphatic hydroxyl groups is 1. The molecular formula is C12H14ClN3O. The zero-order chi connectivity index (χ0) is 12.6.